The van der Waals surface area contributed by atoms with Gasteiger partial charge in [0.2, 0.25) is 5.75 Å². The van der Waals surface area contributed by atoms with Gasteiger partial charge in [0.05, 0.1) is 11.0 Å². The molecule has 2 heterocycles. The van der Waals surface area contributed by atoms with Crippen LogP contribution in [0.15, 0.2) is 46.6 Å². The van der Waals surface area contributed by atoms with E-state index in [-0.39, 0.29) is 23.5 Å². The molecule has 0 fully saturated rings. The fourth-order valence-corrected chi connectivity index (χ4v) is 3.31. The standard InChI is InChI=1S/C18H19N3O4S/c1-2-25-12-7-4-3-6-11(12)10-19-17(23)14-15(22)18(24)21-16(20-14)13-8-5-9-26-13/h3-9,11-12,22H,2,10H2,1H3,(H,19,23)(H,20,21,24). The topological polar surface area (TPSA) is 104 Å². The minimum atomic E-state index is -0.749. The minimum absolute atomic E-state index is 0.0372. The molecule has 1 amide bonds. The molecule has 1 aliphatic rings. The highest BCUT2D eigenvalue weighted by Crippen LogP contribution is 2.22. The number of nitrogens with one attached hydrogen (secondary N) is 2. The molecule has 2 unspecified atom stereocenters. The lowest BCUT2D eigenvalue weighted by molar-refractivity contribution is 0.0648. The summed E-state index contributed by atoms with van der Waals surface area (Å²) in [5.41, 5.74) is -1.04. The molecule has 0 aliphatic heterocycles. The molecule has 0 spiro atoms. The van der Waals surface area contributed by atoms with Crippen LogP contribution in [0.5, 0.6) is 5.75 Å². The van der Waals surface area contributed by atoms with Crippen LogP contribution in [0.4, 0.5) is 0 Å². The molecule has 26 heavy (non-hydrogen) atoms. The first-order valence-corrected chi connectivity index (χ1v) is 9.10. The van der Waals surface area contributed by atoms with Gasteiger partial charge in [-0.25, -0.2) is 4.98 Å². The number of aromatic nitrogens is 2. The maximum atomic E-state index is 12.5. The lowest BCUT2D eigenvalue weighted by atomic mass is 9.97. The number of aromatic amines is 1. The number of amides is 1. The highest BCUT2D eigenvalue weighted by atomic mass is 32.1. The Hall–Kier alpha value is -2.71. The third kappa shape index (κ3) is 3.92. The molecule has 1 aliphatic carbocycles. The quantitative estimate of drug-likeness (QED) is 0.719. The van der Waals surface area contributed by atoms with Crippen LogP contribution in [-0.4, -0.2) is 40.2 Å². The Kier molecular flexibility index (Phi) is 5.65. The number of allylic oxidation sites excluding steroid dienone is 2. The number of thiophene rings is 1. The maximum Gasteiger partial charge on any atom is 0.294 e. The molecule has 0 saturated heterocycles. The van der Waals surface area contributed by atoms with Crippen LogP contribution < -0.4 is 10.9 Å². The minimum Gasteiger partial charge on any atom is -0.501 e. The van der Waals surface area contributed by atoms with Crippen LogP contribution in [0.2, 0.25) is 0 Å². The summed E-state index contributed by atoms with van der Waals surface area (Å²) in [6, 6.07) is 3.58. The molecule has 0 bridgehead atoms. The first-order chi connectivity index (χ1) is 12.6. The van der Waals surface area contributed by atoms with Gasteiger partial charge in [-0.2, -0.15) is 0 Å². The van der Waals surface area contributed by atoms with Crippen LogP contribution >= 0.6 is 11.3 Å². The van der Waals surface area contributed by atoms with E-state index in [1.165, 1.54) is 11.3 Å². The van der Waals surface area contributed by atoms with Gasteiger partial charge in [0.25, 0.3) is 11.5 Å². The van der Waals surface area contributed by atoms with Crippen LogP contribution in [0.1, 0.15) is 17.4 Å². The number of hydrogen-bond acceptors (Lipinski definition) is 6. The first kappa shape index (κ1) is 18.1. The number of carbonyl (C=O) groups excluding carboxylic acids is 1. The van der Waals surface area contributed by atoms with Gasteiger partial charge in [-0.05, 0) is 18.4 Å². The number of H-pyrrole nitrogens is 1. The summed E-state index contributed by atoms with van der Waals surface area (Å²) < 4.78 is 5.64. The van der Waals surface area contributed by atoms with Crippen molar-refractivity contribution in [3.05, 3.63) is 57.9 Å². The second-order valence-electron chi connectivity index (χ2n) is 5.65. The molecule has 3 N–H and O–H groups in total. The van der Waals surface area contributed by atoms with E-state index in [1.54, 1.807) is 6.07 Å². The van der Waals surface area contributed by atoms with E-state index in [2.05, 4.69) is 15.3 Å². The zero-order valence-corrected chi connectivity index (χ0v) is 15.0. The third-order valence-corrected chi connectivity index (χ3v) is 4.79. The van der Waals surface area contributed by atoms with Gasteiger partial charge in [-0.1, -0.05) is 30.4 Å². The van der Waals surface area contributed by atoms with E-state index in [1.807, 2.05) is 42.7 Å². The lowest BCUT2D eigenvalue weighted by Crippen LogP contribution is -2.36. The van der Waals surface area contributed by atoms with E-state index in [4.69, 9.17) is 4.74 Å². The largest absolute Gasteiger partial charge is 0.501 e. The molecule has 0 saturated carbocycles. The fourth-order valence-electron chi connectivity index (χ4n) is 2.64. The van der Waals surface area contributed by atoms with Gasteiger partial charge in [0, 0.05) is 19.1 Å². The average molecular weight is 373 g/mol. The smallest absolute Gasteiger partial charge is 0.294 e. The second kappa shape index (κ2) is 8.11. The second-order valence-corrected chi connectivity index (χ2v) is 6.60. The molecule has 0 aromatic carbocycles. The summed E-state index contributed by atoms with van der Waals surface area (Å²) in [5, 5.41) is 14.5. The number of rotatable bonds is 6. The van der Waals surface area contributed by atoms with Crippen molar-refractivity contribution in [2.24, 2.45) is 5.92 Å². The van der Waals surface area contributed by atoms with Crippen molar-refractivity contribution in [1.29, 1.82) is 0 Å². The molecule has 2 aromatic rings. The number of aromatic hydroxyl groups is 1. The third-order valence-electron chi connectivity index (χ3n) is 3.91. The van der Waals surface area contributed by atoms with Gasteiger partial charge in [-0.3, -0.25) is 9.59 Å². The van der Waals surface area contributed by atoms with E-state index >= 15 is 0 Å². The lowest BCUT2D eigenvalue weighted by Gasteiger charge is -2.24. The van der Waals surface area contributed by atoms with E-state index < -0.39 is 17.2 Å². The number of carbonyl (C=O) groups is 1. The zero-order valence-electron chi connectivity index (χ0n) is 14.1. The van der Waals surface area contributed by atoms with Crippen molar-refractivity contribution >= 4 is 17.2 Å². The van der Waals surface area contributed by atoms with Crippen LogP contribution in [0, 0.1) is 5.92 Å². The predicted molar refractivity (Wildman–Crippen MR) is 99.4 cm³/mol. The van der Waals surface area contributed by atoms with Crippen molar-refractivity contribution in [2.75, 3.05) is 13.2 Å². The van der Waals surface area contributed by atoms with Crippen LogP contribution in [-0.2, 0) is 4.74 Å². The Labute approximate surface area is 154 Å². The summed E-state index contributed by atoms with van der Waals surface area (Å²) in [4.78, 5) is 31.7. The molecular formula is C18H19N3O4S. The molecule has 0 radical (unpaired) electrons. The Morgan fingerprint density at radius 3 is 2.96 bits per heavy atom. The highest BCUT2D eigenvalue weighted by Gasteiger charge is 2.23. The summed E-state index contributed by atoms with van der Waals surface area (Å²) in [7, 11) is 0. The molecule has 7 nitrogen and oxygen atoms in total. The molecule has 2 aromatic heterocycles. The van der Waals surface area contributed by atoms with Gasteiger partial charge < -0.3 is 20.1 Å². The summed E-state index contributed by atoms with van der Waals surface area (Å²) in [6.45, 7) is 2.77. The van der Waals surface area contributed by atoms with Gasteiger partial charge in [0.1, 0.15) is 0 Å². The van der Waals surface area contributed by atoms with Crippen LogP contribution in [0.25, 0.3) is 10.7 Å². The average Bonchev–Trinajstić information content (AvgIpc) is 3.18. The molecule has 136 valence electrons. The van der Waals surface area contributed by atoms with Crippen molar-refractivity contribution in [3.63, 3.8) is 0 Å². The van der Waals surface area contributed by atoms with Gasteiger partial charge in [0.15, 0.2) is 11.5 Å². The monoisotopic (exact) mass is 373 g/mol. The van der Waals surface area contributed by atoms with E-state index in [0.717, 1.165) is 0 Å². The predicted octanol–water partition coefficient (Wildman–Crippen LogP) is 2.08. The van der Waals surface area contributed by atoms with Gasteiger partial charge >= 0.3 is 0 Å². The summed E-state index contributed by atoms with van der Waals surface area (Å²) in [5.74, 6) is -1.08. The normalized spacial score (nSPS) is 18.8. The number of ether oxygens (including phenoxy) is 1. The Balaban J connectivity index is 1.76. The van der Waals surface area contributed by atoms with E-state index in [9.17, 15) is 14.7 Å². The summed E-state index contributed by atoms with van der Waals surface area (Å²) >= 11 is 1.37. The van der Waals surface area contributed by atoms with Crippen molar-refractivity contribution in [3.8, 4) is 16.5 Å². The first-order valence-electron chi connectivity index (χ1n) is 8.22. The zero-order chi connectivity index (χ0) is 18.5. The fraction of sp³-hybridized carbons (Fsp3) is 0.278. The van der Waals surface area contributed by atoms with Crippen molar-refractivity contribution in [1.82, 2.24) is 15.3 Å². The van der Waals surface area contributed by atoms with Crippen molar-refractivity contribution < 1.29 is 14.6 Å². The summed E-state index contributed by atoms with van der Waals surface area (Å²) in [6.07, 6.45) is 7.54. The van der Waals surface area contributed by atoms with Crippen LogP contribution in [0.3, 0.4) is 0 Å². The number of hydrogen-bond donors (Lipinski definition) is 3. The highest BCUT2D eigenvalue weighted by molar-refractivity contribution is 7.13. The molecular weight excluding hydrogens is 354 g/mol. The molecule has 2 atom stereocenters. The maximum absolute atomic E-state index is 12.5. The molecule has 3 rings (SSSR count). The van der Waals surface area contributed by atoms with Crippen molar-refractivity contribution in [2.45, 2.75) is 13.0 Å². The Morgan fingerprint density at radius 2 is 2.23 bits per heavy atom. The van der Waals surface area contributed by atoms with E-state index in [0.29, 0.717) is 18.0 Å². The SMILES string of the molecule is CCOC1C=CC=CC1CNC(=O)c1nc(-c2cccs2)[nH]c(=O)c1O. The number of nitrogens with zero attached hydrogens (tertiary/aromatic N) is 1. The van der Waals surface area contributed by atoms with Gasteiger partial charge in [-0.15, -0.1) is 11.3 Å². The Bertz CT molecular complexity index is 886. The Morgan fingerprint density at radius 1 is 1.42 bits per heavy atom. The molecule has 8 heteroatoms.